The van der Waals surface area contributed by atoms with E-state index in [1.165, 1.54) is 5.56 Å². The number of piperidine rings is 1. The molecule has 0 bridgehead atoms. The highest BCUT2D eigenvalue weighted by molar-refractivity contribution is 6.30. The van der Waals surface area contributed by atoms with Crippen LogP contribution in [0.4, 0.5) is 5.69 Å². The van der Waals surface area contributed by atoms with E-state index >= 15 is 0 Å². The van der Waals surface area contributed by atoms with E-state index in [0.717, 1.165) is 85.3 Å². The molecule has 0 unspecified atom stereocenters. The Labute approximate surface area is 289 Å². The standard InChI is InChI=1S/C39H48ClN5O3/c1-43(2)24-28-20-30-21-32(40)13-14-36(30)45(25-28)39(47)35(22-31-23-41-34-10-6-5-9-33(31)34)42-38(46)15-12-27-16-18-44(19-17-27)26-29-8-4-7-11-37(29)48-3/h4-11,13-14,21,23,27-28,35,41H,12,15-20,22,24-26H2,1-3H3,(H,42,46)/t28-,35+/m0/s1. The number of aromatic nitrogens is 1. The lowest BCUT2D eigenvalue weighted by Gasteiger charge is -2.37. The van der Waals surface area contributed by atoms with Gasteiger partial charge in [-0.1, -0.05) is 48.0 Å². The first-order valence-electron chi connectivity index (χ1n) is 17.2. The summed E-state index contributed by atoms with van der Waals surface area (Å²) in [6, 6.07) is 21.4. The number of halogens is 1. The van der Waals surface area contributed by atoms with Gasteiger partial charge < -0.3 is 24.8 Å². The molecule has 0 saturated carbocycles. The second-order valence-electron chi connectivity index (χ2n) is 13.8. The van der Waals surface area contributed by atoms with Crippen LogP contribution >= 0.6 is 11.6 Å². The minimum Gasteiger partial charge on any atom is -0.496 e. The Morgan fingerprint density at radius 2 is 1.79 bits per heavy atom. The van der Waals surface area contributed by atoms with Crippen LogP contribution < -0.4 is 15.0 Å². The Bertz CT molecular complexity index is 1710. The molecule has 8 nitrogen and oxygen atoms in total. The molecule has 254 valence electrons. The topological polar surface area (TPSA) is 80.9 Å². The average molecular weight is 670 g/mol. The van der Waals surface area contributed by atoms with Gasteiger partial charge in [0.15, 0.2) is 0 Å². The van der Waals surface area contributed by atoms with Crippen molar-refractivity contribution in [2.45, 2.75) is 51.1 Å². The SMILES string of the molecule is COc1ccccc1CN1CCC(CCC(=O)N[C@H](Cc2c[nH]c3ccccc23)C(=O)N2C[C@H](CN(C)C)Cc3cc(Cl)ccc32)CC1. The monoisotopic (exact) mass is 669 g/mol. The maximum Gasteiger partial charge on any atom is 0.249 e. The molecule has 2 N–H and O–H groups in total. The summed E-state index contributed by atoms with van der Waals surface area (Å²) < 4.78 is 5.55. The zero-order valence-corrected chi connectivity index (χ0v) is 29.1. The molecule has 0 aliphatic carbocycles. The summed E-state index contributed by atoms with van der Waals surface area (Å²) in [7, 11) is 5.84. The number of nitrogens with one attached hydrogen (secondary N) is 2. The van der Waals surface area contributed by atoms with E-state index in [2.05, 4.69) is 52.4 Å². The largest absolute Gasteiger partial charge is 0.496 e. The Kier molecular flexibility index (Phi) is 11.0. The van der Waals surface area contributed by atoms with Gasteiger partial charge in [0.05, 0.1) is 7.11 Å². The van der Waals surface area contributed by atoms with E-state index in [0.29, 0.717) is 30.3 Å². The highest BCUT2D eigenvalue weighted by Crippen LogP contribution is 2.33. The number of methoxy groups -OCH3 is 1. The van der Waals surface area contributed by atoms with Crippen LogP contribution in [0.15, 0.2) is 72.9 Å². The van der Waals surface area contributed by atoms with E-state index in [1.807, 2.05) is 59.6 Å². The number of rotatable bonds is 12. The van der Waals surface area contributed by atoms with Crippen LogP contribution in [0.1, 0.15) is 42.4 Å². The summed E-state index contributed by atoms with van der Waals surface area (Å²) in [4.78, 5) is 38.0. The van der Waals surface area contributed by atoms with E-state index in [1.54, 1.807) is 7.11 Å². The van der Waals surface area contributed by atoms with Crippen LogP contribution in [0.2, 0.25) is 5.02 Å². The molecule has 2 aliphatic heterocycles. The lowest BCUT2D eigenvalue weighted by molar-refractivity contribution is -0.128. The first-order chi connectivity index (χ1) is 23.3. The number of carbonyl (C=O) groups is 2. The zero-order chi connectivity index (χ0) is 33.6. The quantitative estimate of drug-likeness (QED) is 0.185. The summed E-state index contributed by atoms with van der Waals surface area (Å²) in [5, 5.41) is 4.94. The molecule has 0 spiro atoms. The maximum absolute atomic E-state index is 14.6. The molecular weight excluding hydrogens is 622 g/mol. The fourth-order valence-corrected chi connectivity index (χ4v) is 7.77. The van der Waals surface area contributed by atoms with E-state index < -0.39 is 6.04 Å². The lowest BCUT2D eigenvalue weighted by atomic mass is 9.90. The molecule has 4 aromatic rings. The molecule has 3 heterocycles. The third-order valence-corrected chi connectivity index (χ3v) is 10.2. The van der Waals surface area contributed by atoms with Crippen molar-refractivity contribution in [3.05, 3.63) is 94.6 Å². The van der Waals surface area contributed by atoms with E-state index in [9.17, 15) is 9.59 Å². The number of aromatic amines is 1. The summed E-state index contributed by atoms with van der Waals surface area (Å²) >= 11 is 6.41. The maximum atomic E-state index is 14.6. The Morgan fingerprint density at radius 1 is 1.02 bits per heavy atom. The highest BCUT2D eigenvalue weighted by atomic mass is 35.5. The van der Waals surface area contributed by atoms with Gasteiger partial charge in [-0.2, -0.15) is 0 Å². The van der Waals surface area contributed by atoms with Gasteiger partial charge in [-0.25, -0.2) is 0 Å². The van der Waals surface area contributed by atoms with Crippen LogP contribution in [0.5, 0.6) is 5.75 Å². The van der Waals surface area contributed by atoms with Gasteiger partial charge in [0.2, 0.25) is 11.8 Å². The van der Waals surface area contributed by atoms with Crippen LogP contribution in [-0.4, -0.2) is 80.0 Å². The van der Waals surface area contributed by atoms with E-state index in [-0.39, 0.29) is 17.7 Å². The molecule has 1 aromatic heterocycles. The van der Waals surface area contributed by atoms with Crippen molar-refractivity contribution >= 4 is 40.0 Å². The smallest absolute Gasteiger partial charge is 0.249 e. The molecule has 3 aromatic carbocycles. The molecule has 48 heavy (non-hydrogen) atoms. The van der Waals surface area contributed by atoms with Crippen molar-refractivity contribution in [3.8, 4) is 5.75 Å². The third-order valence-electron chi connectivity index (χ3n) is 9.98. The first-order valence-corrected chi connectivity index (χ1v) is 17.6. The van der Waals surface area contributed by atoms with Gasteiger partial charge in [0.25, 0.3) is 0 Å². The summed E-state index contributed by atoms with van der Waals surface area (Å²) in [6.45, 7) is 4.32. The molecular formula is C39H48ClN5O3. The first kappa shape index (κ1) is 34.0. The molecule has 0 radical (unpaired) electrons. The van der Waals surface area contributed by atoms with Gasteiger partial charge in [0, 0.05) is 65.8 Å². The fraction of sp³-hybridized carbons (Fsp3) is 0.436. The number of benzene rings is 3. The Morgan fingerprint density at radius 3 is 2.58 bits per heavy atom. The number of fused-ring (bicyclic) bond motifs is 2. The van der Waals surface area contributed by atoms with Crippen molar-refractivity contribution in [2.24, 2.45) is 11.8 Å². The number of hydrogen-bond acceptors (Lipinski definition) is 5. The van der Waals surface area contributed by atoms with Crippen molar-refractivity contribution in [2.75, 3.05) is 52.3 Å². The number of H-pyrrole nitrogens is 1. The molecule has 2 aliphatic rings. The number of ether oxygens (including phenoxy) is 1. The lowest BCUT2D eigenvalue weighted by Crippen LogP contribution is -2.53. The second kappa shape index (κ2) is 15.6. The Hall–Kier alpha value is -3.85. The predicted molar refractivity (Wildman–Crippen MR) is 194 cm³/mol. The number of nitrogens with zero attached hydrogens (tertiary/aromatic N) is 3. The number of anilines is 1. The molecule has 2 atom stereocenters. The number of carbonyl (C=O) groups excluding carboxylic acids is 2. The van der Waals surface area contributed by atoms with Crippen molar-refractivity contribution in [3.63, 3.8) is 0 Å². The average Bonchev–Trinajstić information content (AvgIpc) is 3.49. The number of likely N-dealkylation sites (tertiary alicyclic amines) is 1. The van der Waals surface area contributed by atoms with Crippen LogP contribution in [0, 0.1) is 11.8 Å². The van der Waals surface area contributed by atoms with Crippen molar-refractivity contribution in [1.82, 2.24) is 20.1 Å². The molecule has 9 heteroatoms. The minimum absolute atomic E-state index is 0.0668. The number of para-hydroxylation sites is 2. The predicted octanol–water partition coefficient (Wildman–Crippen LogP) is 6.32. The van der Waals surface area contributed by atoms with Crippen molar-refractivity contribution < 1.29 is 14.3 Å². The minimum atomic E-state index is -0.693. The Balaban J connectivity index is 1.13. The zero-order valence-electron chi connectivity index (χ0n) is 28.4. The van der Waals surface area contributed by atoms with Crippen LogP contribution in [-0.2, 0) is 29.0 Å². The molecule has 1 fully saturated rings. The van der Waals surface area contributed by atoms with Gasteiger partial charge in [-0.3, -0.25) is 14.5 Å². The number of hydrogen-bond donors (Lipinski definition) is 2. The summed E-state index contributed by atoms with van der Waals surface area (Å²) in [6.07, 6.45) is 6.57. The summed E-state index contributed by atoms with van der Waals surface area (Å²) in [5.74, 6) is 1.53. The van der Waals surface area contributed by atoms with Gasteiger partial charge in [-0.15, -0.1) is 0 Å². The normalized spacial score (nSPS) is 17.8. The summed E-state index contributed by atoms with van der Waals surface area (Å²) in [5.41, 5.74) is 5.20. The highest BCUT2D eigenvalue weighted by Gasteiger charge is 2.34. The van der Waals surface area contributed by atoms with Crippen LogP contribution in [0.3, 0.4) is 0 Å². The van der Waals surface area contributed by atoms with Gasteiger partial charge in [-0.05, 0) is 106 Å². The molecule has 2 amide bonds. The van der Waals surface area contributed by atoms with Crippen molar-refractivity contribution in [1.29, 1.82) is 0 Å². The van der Waals surface area contributed by atoms with Gasteiger partial charge in [0.1, 0.15) is 11.8 Å². The van der Waals surface area contributed by atoms with Crippen LogP contribution in [0.25, 0.3) is 10.9 Å². The van der Waals surface area contributed by atoms with E-state index in [4.69, 9.17) is 16.3 Å². The number of amides is 2. The molecule has 1 saturated heterocycles. The van der Waals surface area contributed by atoms with Gasteiger partial charge >= 0.3 is 0 Å². The fourth-order valence-electron chi connectivity index (χ4n) is 7.58. The molecule has 6 rings (SSSR count). The third kappa shape index (κ3) is 8.23. The second-order valence-corrected chi connectivity index (χ2v) is 14.2.